The molecule has 164 valence electrons. The molecule has 10 heteroatoms. The zero-order valence-corrected chi connectivity index (χ0v) is 17.7. The average molecular weight is 409 g/mol. The molecule has 2 N–H and O–H groups in total. The van der Waals surface area contributed by atoms with Gasteiger partial charge in [0.1, 0.15) is 5.60 Å². The number of amides is 1. The number of rotatable bonds is 6. The van der Waals surface area contributed by atoms with Gasteiger partial charge in [0.25, 0.3) is 0 Å². The summed E-state index contributed by atoms with van der Waals surface area (Å²) in [6.07, 6.45) is -3.25. The van der Waals surface area contributed by atoms with E-state index in [1.54, 1.807) is 19.0 Å². The predicted octanol–water partition coefficient (Wildman–Crippen LogP) is 2.43. The van der Waals surface area contributed by atoms with E-state index in [1.165, 1.54) is 4.90 Å². The van der Waals surface area contributed by atoms with Gasteiger partial charge in [-0.1, -0.05) is 0 Å². The molecular formula is C18H34F3N5O2. The largest absolute Gasteiger partial charge is 0.444 e. The normalized spacial score (nSPS) is 20.0. The molecule has 1 saturated heterocycles. The van der Waals surface area contributed by atoms with Crippen molar-refractivity contribution < 1.29 is 22.7 Å². The Bertz CT molecular complexity index is 534. The number of nitrogens with one attached hydrogen (secondary N) is 2. The average Bonchev–Trinajstić information content (AvgIpc) is 2.96. The first kappa shape index (κ1) is 24.3. The van der Waals surface area contributed by atoms with Crippen molar-refractivity contribution in [3.8, 4) is 0 Å². The predicted molar refractivity (Wildman–Crippen MR) is 103 cm³/mol. The topological polar surface area (TPSA) is 69.2 Å². The maximum atomic E-state index is 12.5. The second-order valence-electron chi connectivity index (χ2n) is 8.21. The molecule has 1 aliphatic rings. The molecule has 0 saturated carbocycles. The number of carbonyl (C=O) groups excluding carboxylic acids is 1. The first-order chi connectivity index (χ1) is 12.8. The van der Waals surface area contributed by atoms with Crippen molar-refractivity contribution in [3.63, 3.8) is 0 Å². The van der Waals surface area contributed by atoms with Gasteiger partial charge in [0.15, 0.2) is 5.96 Å². The Morgan fingerprint density at radius 2 is 2.00 bits per heavy atom. The Hall–Kier alpha value is -1.71. The van der Waals surface area contributed by atoms with Crippen molar-refractivity contribution >= 4 is 12.1 Å². The number of hydrogen-bond acceptors (Lipinski definition) is 4. The summed E-state index contributed by atoms with van der Waals surface area (Å²) < 4.78 is 42.8. The lowest BCUT2D eigenvalue weighted by atomic mass is 10.2. The smallest absolute Gasteiger partial charge is 0.410 e. The number of hydrogen-bond donors (Lipinski definition) is 2. The maximum Gasteiger partial charge on any atom is 0.410 e. The van der Waals surface area contributed by atoms with Gasteiger partial charge in [-0.25, -0.2) is 4.79 Å². The minimum absolute atomic E-state index is 0.0470. The number of ether oxygens (including phenoxy) is 1. The fraction of sp³-hybridized carbons (Fsp3) is 0.889. The van der Waals surface area contributed by atoms with Crippen LogP contribution in [0.15, 0.2) is 4.99 Å². The van der Waals surface area contributed by atoms with E-state index in [-0.39, 0.29) is 18.2 Å². The molecular weight excluding hydrogens is 375 g/mol. The SMILES string of the molecule is CN=C(NCCC(C)N(C)C(=O)OC(C)(C)C)NC1CCN(CC(F)(F)F)C1. The summed E-state index contributed by atoms with van der Waals surface area (Å²) in [5, 5.41) is 6.31. The molecule has 1 fully saturated rings. The summed E-state index contributed by atoms with van der Waals surface area (Å²) in [5.41, 5.74) is -0.545. The van der Waals surface area contributed by atoms with E-state index in [2.05, 4.69) is 15.6 Å². The molecule has 0 aromatic rings. The van der Waals surface area contributed by atoms with Gasteiger partial charge in [-0.3, -0.25) is 9.89 Å². The third-order valence-corrected chi connectivity index (χ3v) is 4.44. The lowest BCUT2D eigenvalue weighted by Crippen LogP contribution is -2.46. The summed E-state index contributed by atoms with van der Waals surface area (Å²) in [5.74, 6) is 0.547. The van der Waals surface area contributed by atoms with Crippen molar-refractivity contribution in [3.05, 3.63) is 0 Å². The highest BCUT2D eigenvalue weighted by atomic mass is 19.4. The van der Waals surface area contributed by atoms with E-state index < -0.39 is 18.3 Å². The molecule has 0 aromatic heterocycles. The molecule has 0 spiro atoms. The van der Waals surface area contributed by atoms with Crippen molar-refractivity contribution in [2.75, 3.05) is 40.3 Å². The van der Waals surface area contributed by atoms with Gasteiger partial charge in [0.2, 0.25) is 0 Å². The van der Waals surface area contributed by atoms with Crippen LogP contribution < -0.4 is 10.6 Å². The van der Waals surface area contributed by atoms with Crippen LogP contribution in [0, 0.1) is 0 Å². The molecule has 0 radical (unpaired) electrons. The van der Waals surface area contributed by atoms with E-state index in [4.69, 9.17) is 4.74 Å². The number of nitrogens with zero attached hydrogens (tertiary/aromatic N) is 3. The van der Waals surface area contributed by atoms with Gasteiger partial charge in [-0.05, 0) is 40.5 Å². The van der Waals surface area contributed by atoms with E-state index in [0.29, 0.717) is 38.4 Å². The minimum Gasteiger partial charge on any atom is -0.444 e. The summed E-state index contributed by atoms with van der Waals surface area (Å²) in [7, 11) is 3.31. The van der Waals surface area contributed by atoms with Crippen LogP contribution >= 0.6 is 0 Å². The van der Waals surface area contributed by atoms with Crippen molar-refractivity contribution in [2.45, 2.75) is 64.4 Å². The molecule has 0 bridgehead atoms. The van der Waals surface area contributed by atoms with Crippen LogP contribution in [-0.2, 0) is 4.74 Å². The summed E-state index contributed by atoms with van der Waals surface area (Å²) in [6.45, 7) is 7.80. The lowest BCUT2D eigenvalue weighted by molar-refractivity contribution is -0.143. The highest BCUT2D eigenvalue weighted by molar-refractivity contribution is 5.80. The number of alkyl halides is 3. The standard InChI is InChI=1S/C18H34F3N5O2/c1-13(25(6)16(27)28-17(2,3)4)7-9-23-15(22-5)24-14-8-10-26(11-14)12-18(19,20)21/h13-14H,7-12H2,1-6H3,(H2,22,23,24). The van der Waals surface area contributed by atoms with Gasteiger partial charge in [0, 0.05) is 45.8 Å². The van der Waals surface area contributed by atoms with Gasteiger partial charge in [-0.15, -0.1) is 0 Å². The van der Waals surface area contributed by atoms with Crippen LogP contribution in [0.4, 0.5) is 18.0 Å². The lowest BCUT2D eigenvalue weighted by Gasteiger charge is -2.29. The van der Waals surface area contributed by atoms with Gasteiger partial charge < -0.3 is 20.3 Å². The molecule has 1 heterocycles. The number of carbonyl (C=O) groups is 1. The Labute approximate surface area is 165 Å². The zero-order chi connectivity index (χ0) is 21.5. The third kappa shape index (κ3) is 9.48. The van der Waals surface area contributed by atoms with Crippen LogP contribution in [0.2, 0.25) is 0 Å². The molecule has 0 aromatic carbocycles. The first-order valence-corrected chi connectivity index (χ1v) is 9.53. The molecule has 28 heavy (non-hydrogen) atoms. The van der Waals surface area contributed by atoms with Crippen molar-refractivity contribution in [1.29, 1.82) is 0 Å². The van der Waals surface area contributed by atoms with Crippen LogP contribution in [0.5, 0.6) is 0 Å². The first-order valence-electron chi connectivity index (χ1n) is 9.53. The Kier molecular flexibility index (Phi) is 8.84. The van der Waals surface area contributed by atoms with Crippen LogP contribution in [0.1, 0.15) is 40.5 Å². The molecule has 2 atom stereocenters. The summed E-state index contributed by atoms with van der Waals surface area (Å²) >= 11 is 0. The Morgan fingerprint density at radius 1 is 1.36 bits per heavy atom. The third-order valence-electron chi connectivity index (χ3n) is 4.44. The van der Waals surface area contributed by atoms with Crippen LogP contribution in [0.25, 0.3) is 0 Å². The van der Waals surface area contributed by atoms with Gasteiger partial charge >= 0.3 is 12.3 Å². The second-order valence-corrected chi connectivity index (χ2v) is 8.21. The van der Waals surface area contributed by atoms with E-state index in [0.717, 1.165) is 0 Å². The van der Waals surface area contributed by atoms with E-state index >= 15 is 0 Å². The van der Waals surface area contributed by atoms with E-state index in [9.17, 15) is 18.0 Å². The second kappa shape index (κ2) is 10.2. The molecule has 7 nitrogen and oxygen atoms in total. The number of guanidine groups is 1. The number of aliphatic imine (C=N–C) groups is 1. The molecule has 1 rings (SSSR count). The molecule has 1 aliphatic heterocycles. The zero-order valence-electron chi connectivity index (χ0n) is 17.7. The van der Waals surface area contributed by atoms with Crippen LogP contribution in [0.3, 0.4) is 0 Å². The van der Waals surface area contributed by atoms with Crippen molar-refractivity contribution in [2.24, 2.45) is 4.99 Å². The van der Waals surface area contributed by atoms with E-state index in [1.807, 2.05) is 27.7 Å². The Morgan fingerprint density at radius 3 is 2.54 bits per heavy atom. The fourth-order valence-corrected chi connectivity index (χ4v) is 2.84. The minimum atomic E-state index is -4.18. The molecule has 0 aliphatic carbocycles. The fourth-order valence-electron chi connectivity index (χ4n) is 2.84. The van der Waals surface area contributed by atoms with Crippen molar-refractivity contribution in [1.82, 2.24) is 20.4 Å². The highest BCUT2D eigenvalue weighted by Crippen LogP contribution is 2.20. The molecule has 1 amide bonds. The molecule has 2 unspecified atom stereocenters. The monoisotopic (exact) mass is 409 g/mol. The van der Waals surface area contributed by atoms with Gasteiger partial charge in [-0.2, -0.15) is 13.2 Å². The maximum absolute atomic E-state index is 12.5. The quantitative estimate of drug-likeness (QED) is 0.521. The summed E-state index contributed by atoms with van der Waals surface area (Å²) in [6, 6.07) is -0.121. The summed E-state index contributed by atoms with van der Waals surface area (Å²) in [4.78, 5) is 19.1. The Balaban J connectivity index is 2.36. The highest BCUT2D eigenvalue weighted by Gasteiger charge is 2.34. The van der Waals surface area contributed by atoms with Gasteiger partial charge in [0.05, 0.1) is 6.54 Å². The number of likely N-dealkylation sites (tertiary alicyclic amines) is 1. The van der Waals surface area contributed by atoms with Crippen LogP contribution in [-0.4, -0.2) is 86.0 Å². The number of halogens is 3.